The summed E-state index contributed by atoms with van der Waals surface area (Å²) in [7, 11) is 0. The van der Waals surface area contributed by atoms with Gasteiger partial charge in [-0.05, 0) is 26.3 Å². The molecular formula is C19H23N3O4. The van der Waals surface area contributed by atoms with Gasteiger partial charge in [0.15, 0.2) is 5.69 Å². The van der Waals surface area contributed by atoms with Crippen LogP contribution in [0, 0.1) is 0 Å². The minimum Gasteiger partial charge on any atom is -0.455 e. The molecule has 0 saturated carbocycles. The van der Waals surface area contributed by atoms with E-state index in [2.05, 4.69) is 4.98 Å². The lowest BCUT2D eigenvalue weighted by Gasteiger charge is -2.26. The highest BCUT2D eigenvalue weighted by atomic mass is 16.6. The summed E-state index contributed by atoms with van der Waals surface area (Å²) in [5, 5.41) is 0. The highest BCUT2D eigenvalue weighted by Crippen LogP contribution is 2.17. The summed E-state index contributed by atoms with van der Waals surface area (Å²) < 4.78 is 12.6. The molecule has 26 heavy (non-hydrogen) atoms. The van der Waals surface area contributed by atoms with E-state index in [0.717, 1.165) is 5.56 Å². The number of fused-ring (bicyclic) bond motifs is 1. The van der Waals surface area contributed by atoms with E-state index in [0.29, 0.717) is 25.5 Å². The fourth-order valence-electron chi connectivity index (χ4n) is 2.65. The number of carbonyl (C=O) groups excluding carboxylic acids is 2. The molecule has 1 aliphatic rings. The maximum atomic E-state index is 12.3. The minimum atomic E-state index is -0.575. The Bertz CT molecular complexity index is 793. The quantitative estimate of drug-likeness (QED) is 0.790. The molecule has 1 aromatic heterocycles. The second-order valence-electron chi connectivity index (χ2n) is 7.20. The smallest absolute Gasteiger partial charge is 0.410 e. The van der Waals surface area contributed by atoms with Crippen molar-refractivity contribution < 1.29 is 19.1 Å². The van der Waals surface area contributed by atoms with Gasteiger partial charge < -0.3 is 14.0 Å². The number of imidazole rings is 1. The first-order chi connectivity index (χ1) is 12.3. The Morgan fingerprint density at radius 1 is 1.15 bits per heavy atom. The molecule has 0 bridgehead atoms. The van der Waals surface area contributed by atoms with Gasteiger partial charge in [0.05, 0.1) is 6.54 Å². The first-order valence-corrected chi connectivity index (χ1v) is 8.57. The number of benzene rings is 1. The molecule has 2 heterocycles. The van der Waals surface area contributed by atoms with Crippen molar-refractivity contribution in [3.05, 3.63) is 53.6 Å². The standard InChI is InChI=1S/C19H23N3O4/c1-19(2,3)26-17(23)15-11-21-9-10-22(12-16(21)20-15)18(24)25-13-14-7-5-4-6-8-14/h4-8,11H,9-10,12-13H2,1-3H3. The molecule has 0 spiro atoms. The lowest BCUT2D eigenvalue weighted by Crippen LogP contribution is -2.38. The number of esters is 1. The van der Waals surface area contributed by atoms with Crippen LogP contribution < -0.4 is 0 Å². The highest BCUT2D eigenvalue weighted by Gasteiger charge is 2.27. The van der Waals surface area contributed by atoms with E-state index in [1.165, 1.54) is 0 Å². The van der Waals surface area contributed by atoms with E-state index in [1.54, 1.807) is 11.1 Å². The number of amides is 1. The largest absolute Gasteiger partial charge is 0.455 e. The molecule has 7 heteroatoms. The van der Waals surface area contributed by atoms with E-state index in [-0.39, 0.29) is 18.4 Å². The van der Waals surface area contributed by atoms with Crippen LogP contribution in [-0.2, 0) is 29.2 Å². The Morgan fingerprint density at radius 3 is 2.58 bits per heavy atom. The molecule has 0 N–H and O–H groups in total. The monoisotopic (exact) mass is 357 g/mol. The Labute approximate surface area is 152 Å². The van der Waals surface area contributed by atoms with Crippen LogP contribution in [0.5, 0.6) is 0 Å². The molecule has 1 amide bonds. The number of nitrogens with zero attached hydrogens (tertiary/aromatic N) is 3. The second-order valence-corrected chi connectivity index (χ2v) is 7.20. The van der Waals surface area contributed by atoms with Crippen molar-refractivity contribution in [3.8, 4) is 0 Å². The average Bonchev–Trinajstić information content (AvgIpc) is 3.02. The topological polar surface area (TPSA) is 73.7 Å². The molecule has 1 aliphatic heterocycles. The summed E-state index contributed by atoms with van der Waals surface area (Å²) in [5.41, 5.74) is 0.620. The van der Waals surface area contributed by atoms with E-state index >= 15 is 0 Å². The van der Waals surface area contributed by atoms with Crippen molar-refractivity contribution in [1.82, 2.24) is 14.5 Å². The summed E-state index contributed by atoms with van der Waals surface area (Å²) in [6.45, 7) is 7.03. The van der Waals surface area contributed by atoms with Crippen LogP contribution in [0.4, 0.5) is 4.79 Å². The first-order valence-electron chi connectivity index (χ1n) is 8.57. The van der Waals surface area contributed by atoms with Crippen LogP contribution in [0.2, 0.25) is 0 Å². The molecule has 3 rings (SSSR count). The second kappa shape index (κ2) is 7.19. The normalized spacial score (nSPS) is 13.9. The van der Waals surface area contributed by atoms with Crippen LogP contribution in [0.15, 0.2) is 36.5 Å². The number of ether oxygens (including phenoxy) is 2. The van der Waals surface area contributed by atoms with Gasteiger partial charge in [0.25, 0.3) is 0 Å². The fraction of sp³-hybridized carbons (Fsp3) is 0.421. The predicted octanol–water partition coefficient (Wildman–Crippen LogP) is 2.99. The van der Waals surface area contributed by atoms with E-state index < -0.39 is 11.6 Å². The third-order valence-corrected chi connectivity index (χ3v) is 3.87. The Hall–Kier alpha value is -2.83. The number of aromatic nitrogens is 2. The fourth-order valence-corrected chi connectivity index (χ4v) is 2.65. The molecule has 1 aromatic carbocycles. The lowest BCUT2D eigenvalue weighted by atomic mass is 10.2. The van der Waals surface area contributed by atoms with E-state index in [9.17, 15) is 9.59 Å². The molecule has 7 nitrogen and oxygen atoms in total. The molecule has 0 fully saturated rings. The lowest BCUT2D eigenvalue weighted by molar-refractivity contribution is 0.00631. The molecular weight excluding hydrogens is 334 g/mol. The van der Waals surface area contributed by atoms with Gasteiger partial charge in [-0.1, -0.05) is 30.3 Å². The molecule has 0 radical (unpaired) electrons. The maximum Gasteiger partial charge on any atom is 0.410 e. The van der Waals surface area contributed by atoms with Crippen LogP contribution >= 0.6 is 0 Å². The zero-order chi connectivity index (χ0) is 18.7. The Morgan fingerprint density at radius 2 is 1.88 bits per heavy atom. The van der Waals surface area contributed by atoms with Crippen molar-refractivity contribution in [1.29, 1.82) is 0 Å². The van der Waals surface area contributed by atoms with Gasteiger partial charge in [-0.2, -0.15) is 0 Å². The van der Waals surface area contributed by atoms with Crippen LogP contribution in [0.25, 0.3) is 0 Å². The van der Waals surface area contributed by atoms with E-state index in [1.807, 2.05) is 55.7 Å². The van der Waals surface area contributed by atoms with Gasteiger partial charge >= 0.3 is 12.1 Å². The van der Waals surface area contributed by atoms with E-state index in [4.69, 9.17) is 9.47 Å². The summed E-state index contributed by atoms with van der Waals surface area (Å²) in [4.78, 5) is 30.3. The zero-order valence-corrected chi connectivity index (χ0v) is 15.3. The van der Waals surface area contributed by atoms with Crippen molar-refractivity contribution >= 4 is 12.1 Å². The van der Waals surface area contributed by atoms with Crippen molar-refractivity contribution in [2.75, 3.05) is 6.54 Å². The highest BCUT2D eigenvalue weighted by molar-refractivity contribution is 5.87. The molecule has 0 saturated heterocycles. The maximum absolute atomic E-state index is 12.3. The third-order valence-electron chi connectivity index (χ3n) is 3.87. The molecule has 2 aromatic rings. The Balaban J connectivity index is 1.60. The number of hydrogen-bond acceptors (Lipinski definition) is 5. The number of hydrogen-bond donors (Lipinski definition) is 0. The van der Waals surface area contributed by atoms with Gasteiger partial charge in [0.2, 0.25) is 0 Å². The zero-order valence-electron chi connectivity index (χ0n) is 15.3. The first kappa shape index (κ1) is 18.0. The summed E-state index contributed by atoms with van der Waals surface area (Å²) in [5.74, 6) is 0.186. The Kier molecular flexibility index (Phi) is 4.97. The van der Waals surface area contributed by atoms with Gasteiger partial charge in [0, 0.05) is 19.3 Å². The summed E-state index contributed by atoms with van der Waals surface area (Å²) in [6.07, 6.45) is 1.29. The minimum absolute atomic E-state index is 0.230. The van der Waals surface area contributed by atoms with Gasteiger partial charge in [-0.15, -0.1) is 0 Å². The third kappa shape index (κ3) is 4.41. The predicted molar refractivity (Wildman–Crippen MR) is 94.4 cm³/mol. The molecule has 0 aliphatic carbocycles. The van der Waals surface area contributed by atoms with Crippen LogP contribution in [0.1, 0.15) is 42.6 Å². The SMILES string of the molecule is CC(C)(C)OC(=O)c1cn2c(n1)CN(C(=O)OCc1ccccc1)CC2. The van der Waals surface area contributed by atoms with Crippen LogP contribution in [-0.4, -0.2) is 38.7 Å². The van der Waals surface area contributed by atoms with Gasteiger partial charge in [0.1, 0.15) is 18.0 Å². The van der Waals surface area contributed by atoms with Crippen LogP contribution in [0.3, 0.4) is 0 Å². The van der Waals surface area contributed by atoms with Gasteiger partial charge in [-0.25, -0.2) is 14.6 Å². The van der Waals surface area contributed by atoms with Gasteiger partial charge in [-0.3, -0.25) is 4.90 Å². The number of rotatable bonds is 3. The van der Waals surface area contributed by atoms with Crippen molar-refractivity contribution in [2.45, 2.75) is 46.1 Å². The van der Waals surface area contributed by atoms with Crippen molar-refractivity contribution in [3.63, 3.8) is 0 Å². The average molecular weight is 357 g/mol. The molecule has 0 atom stereocenters. The molecule has 0 unspecified atom stereocenters. The number of carbonyl (C=O) groups is 2. The summed E-state index contributed by atoms with van der Waals surface area (Å²) >= 11 is 0. The summed E-state index contributed by atoms with van der Waals surface area (Å²) in [6, 6.07) is 9.53. The molecule has 138 valence electrons. The van der Waals surface area contributed by atoms with Crippen molar-refractivity contribution in [2.24, 2.45) is 0 Å².